The molecule has 0 aromatic heterocycles. The van der Waals surface area contributed by atoms with Crippen LogP contribution >= 0.6 is 0 Å². The fraction of sp³-hybridized carbons (Fsp3) is 0.500. The molecule has 1 radical (unpaired) electrons. The predicted octanol–water partition coefficient (Wildman–Crippen LogP) is 4.27. The Bertz CT molecular complexity index is 604. The fourth-order valence-corrected chi connectivity index (χ4v) is 3.16. The van der Waals surface area contributed by atoms with E-state index in [2.05, 4.69) is 12.5 Å². The maximum Gasteiger partial charge on any atom is 0.219 e. The van der Waals surface area contributed by atoms with Gasteiger partial charge in [-0.25, -0.2) is 4.39 Å². The van der Waals surface area contributed by atoms with Crippen molar-refractivity contribution in [1.29, 1.82) is 0 Å². The van der Waals surface area contributed by atoms with Crippen LogP contribution in [0.4, 0.5) is 10.1 Å². The van der Waals surface area contributed by atoms with Crippen molar-refractivity contribution >= 4 is 11.6 Å². The summed E-state index contributed by atoms with van der Waals surface area (Å²) in [6.07, 6.45) is 10.7. The maximum absolute atomic E-state index is 12.3. The van der Waals surface area contributed by atoms with Gasteiger partial charge >= 0.3 is 0 Å². The Balaban J connectivity index is 0.000000198. The molecular weight excluding hydrogens is 303 g/mol. The SMILES string of the molecule is CC(=O)N(C)C1CCC(CC2=C[CH]2)CC1.Cc1cc(F)ccc1N. The van der Waals surface area contributed by atoms with Crippen molar-refractivity contribution in [3.8, 4) is 0 Å². The molecule has 1 fully saturated rings. The van der Waals surface area contributed by atoms with E-state index in [1.165, 1.54) is 44.2 Å². The van der Waals surface area contributed by atoms with E-state index in [4.69, 9.17) is 5.73 Å². The van der Waals surface area contributed by atoms with Crippen LogP contribution in [0.5, 0.6) is 0 Å². The summed E-state index contributed by atoms with van der Waals surface area (Å²) in [5.41, 5.74) is 8.38. The summed E-state index contributed by atoms with van der Waals surface area (Å²) in [5.74, 6) is 0.838. The van der Waals surface area contributed by atoms with E-state index in [9.17, 15) is 9.18 Å². The number of benzene rings is 1. The summed E-state index contributed by atoms with van der Waals surface area (Å²) < 4.78 is 12.3. The van der Waals surface area contributed by atoms with Gasteiger partial charge in [0.05, 0.1) is 0 Å². The number of nitrogens with zero attached hydrogens (tertiary/aromatic N) is 1. The van der Waals surface area contributed by atoms with Gasteiger partial charge in [-0.05, 0) is 68.7 Å². The molecule has 0 spiro atoms. The topological polar surface area (TPSA) is 46.3 Å². The molecule has 1 aromatic carbocycles. The van der Waals surface area contributed by atoms with Gasteiger partial charge < -0.3 is 10.6 Å². The monoisotopic (exact) mass is 331 g/mol. The van der Waals surface area contributed by atoms with E-state index in [1.807, 2.05) is 11.9 Å². The smallest absolute Gasteiger partial charge is 0.219 e. The average molecular weight is 331 g/mol. The van der Waals surface area contributed by atoms with Crippen molar-refractivity contribution in [3.63, 3.8) is 0 Å². The molecular formula is C20H28FN2O. The van der Waals surface area contributed by atoms with Gasteiger partial charge in [-0.3, -0.25) is 4.79 Å². The van der Waals surface area contributed by atoms with E-state index in [-0.39, 0.29) is 11.7 Å². The molecule has 0 bridgehead atoms. The maximum atomic E-state index is 12.3. The van der Waals surface area contributed by atoms with E-state index < -0.39 is 0 Å². The van der Waals surface area contributed by atoms with Crippen molar-refractivity contribution in [2.45, 2.75) is 52.0 Å². The summed E-state index contributed by atoms with van der Waals surface area (Å²) >= 11 is 0. The van der Waals surface area contributed by atoms with Crippen LogP contribution in [0.25, 0.3) is 0 Å². The quantitative estimate of drug-likeness (QED) is 0.841. The number of halogens is 1. The Morgan fingerprint density at radius 1 is 1.29 bits per heavy atom. The zero-order valence-corrected chi connectivity index (χ0v) is 14.9. The number of aryl methyl sites for hydroxylation is 1. The minimum atomic E-state index is -0.235. The summed E-state index contributed by atoms with van der Waals surface area (Å²) in [4.78, 5) is 13.1. The number of carbonyl (C=O) groups excluding carboxylic acids is 1. The lowest BCUT2D eigenvalue weighted by molar-refractivity contribution is -0.130. The van der Waals surface area contributed by atoms with Crippen LogP contribution in [0.1, 0.15) is 44.6 Å². The lowest BCUT2D eigenvalue weighted by Crippen LogP contribution is -2.38. The zero-order valence-electron chi connectivity index (χ0n) is 14.9. The van der Waals surface area contributed by atoms with Crippen molar-refractivity contribution in [2.24, 2.45) is 5.92 Å². The van der Waals surface area contributed by atoms with Crippen LogP contribution in [0.2, 0.25) is 0 Å². The van der Waals surface area contributed by atoms with Crippen molar-refractivity contribution in [1.82, 2.24) is 4.90 Å². The highest BCUT2D eigenvalue weighted by Gasteiger charge is 2.26. The molecule has 1 saturated carbocycles. The van der Waals surface area contributed by atoms with Crippen LogP contribution in [-0.2, 0) is 4.79 Å². The number of hydrogen-bond acceptors (Lipinski definition) is 2. The second-order valence-electron chi connectivity index (χ2n) is 6.92. The summed E-state index contributed by atoms with van der Waals surface area (Å²) in [5, 5.41) is 0. The summed E-state index contributed by atoms with van der Waals surface area (Å²) in [6, 6.07) is 4.82. The number of rotatable bonds is 3. The summed E-state index contributed by atoms with van der Waals surface area (Å²) in [6.45, 7) is 3.44. The molecule has 3 rings (SSSR count). The Morgan fingerprint density at radius 3 is 2.38 bits per heavy atom. The van der Waals surface area contributed by atoms with Crippen molar-refractivity contribution in [2.75, 3.05) is 12.8 Å². The normalized spacial score (nSPS) is 22.1. The second kappa shape index (κ2) is 8.32. The molecule has 0 saturated heterocycles. The van der Waals surface area contributed by atoms with Gasteiger partial charge in [0.1, 0.15) is 5.82 Å². The highest BCUT2D eigenvalue weighted by molar-refractivity contribution is 5.73. The third-order valence-electron chi connectivity index (χ3n) is 5.02. The van der Waals surface area contributed by atoms with Gasteiger partial charge in [0.15, 0.2) is 0 Å². The Hall–Kier alpha value is -1.84. The molecule has 0 aliphatic heterocycles. The summed E-state index contributed by atoms with van der Waals surface area (Å²) in [7, 11) is 1.94. The van der Waals surface area contributed by atoms with E-state index in [0.29, 0.717) is 11.7 Å². The second-order valence-corrected chi connectivity index (χ2v) is 6.92. The molecule has 131 valence electrons. The number of amides is 1. The number of hydrogen-bond donors (Lipinski definition) is 1. The third-order valence-corrected chi connectivity index (χ3v) is 5.02. The van der Waals surface area contributed by atoms with Crippen molar-refractivity contribution in [3.05, 3.63) is 47.6 Å². The van der Waals surface area contributed by atoms with E-state index in [1.54, 1.807) is 25.5 Å². The van der Waals surface area contributed by atoms with Crippen LogP contribution < -0.4 is 5.73 Å². The van der Waals surface area contributed by atoms with Crippen LogP contribution in [0.3, 0.4) is 0 Å². The average Bonchev–Trinajstić information content (AvgIpc) is 3.36. The van der Waals surface area contributed by atoms with Crippen LogP contribution in [0.15, 0.2) is 29.8 Å². The number of allylic oxidation sites excluding steroid dienone is 2. The fourth-order valence-electron chi connectivity index (χ4n) is 3.16. The third kappa shape index (κ3) is 5.66. The molecule has 2 aliphatic rings. The molecule has 2 N–H and O–H groups in total. The number of nitrogen functional groups attached to an aromatic ring is 1. The zero-order chi connectivity index (χ0) is 17.7. The first-order valence-corrected chi connectivity index (χ1v) is 8.65. The Morgan fingerprint density at radius 2 is 1.92 bits per heavy atom. The number of nitrogens with two attached hydrogens (primary N) is 1. The molecule has 0 unspecified atom stereocenters. The molecule has 4 heteroatoms. The number of carbonyl (C=O) groups is 1. The van der Waals surface area contributed by atoms with Gasteiger partial charge in [0.25, 0.3) is 0 Å². The highest BCUT2D eigenvalue weighted by atomic mass is 19.1. The van der Waals surface area contributed by atoms with Gasteiger partial charge in [-0.15, -0.1) is 0 Å². The number of anilines is 1. The molecule has 0 atom stereocenters. The first-order valence-electron chi connectivity index (χ1n) is 8.65. The highest BCUT2D eigenvalue weighted by Crippen LogP contribution is 2.35. The van der Waals surface area contributed by atoms with Crippen LogP contribution in [0, 0.1) is 25.1 Å². The van der Waals surface area contributed by atoms with Gasteiger partial charge in [0.2, 0.25) is 5.91 Å². The minimum Gasteiger partial charge on any atom is -0.399 e. The van der Waals surface area contributed by atoms with Gasteiger partial charge in [-0.2, -0.15) is 0 Å². The minimum absolute atomic E-state index is 0.205. The first-order chi connectivity index (χ1) is 11.4. The van der Waals surface area contributed by atoms with Gasteiger partial charge in [-0.1, -0.05) is 11.6 Å². The molecule has 1 amide bonds. The molecule has 24 heavy (non-hydrogen) atoms. The molecule has 2 aliphatic carbocycles. The largest absolute Gasteiger partial charge is 0.399 e. The van der Waals surface area contributed by atoms with Gasteiger partial charge in [0, 0.05) is 32.1 Å². The van der Waals surface area contributed by atoms with Crippen molar-refractivity contribution < 1.29 is 9.18 Å². The first kappa shape index (κ1) is 18.5. The lowest BCUT2D eigenvalue weighted by Gasteiger charge is -2.34. The standard InChI is InChI=1S/C13H20NO.C7H8FN/c1-10(15)14(2)13-7-5-12(6-8-13)9-11-3-4-11;1-5-4-6(8)2-3-7(5)9/h3-4,12-13H,5-9H2,1-2H3;2-4H,9H2,1H3. The Labute approximate surface area is 144 Å². The molecule has 3 nitrogen and oxygen atoms in total. The lowest BCUT2D eigenvalue weighted by atomic mass is 9.83. The molecule has 0 heterocycles. The van der Waals surface area contributed by atoms with E-state index in [0.717, 1.165) is 11.5 Å². The van der Waals surface area contributed by atoms with Crippen LogP contribution in [-0.4, -0.2) is 23.9 Å². The Kier molecular flexibility index (Phi) is 6.41. The molecule has 1 aromatic rings. The predicted molar refractivity (Wildman–Crippen MR) is 96.7 cm³/mol. The van der Waals surface area contributed by atoms with E-state index >= 15 is 0 Å².